The maximum atomic E-state index is 6.13. The Hall–Kier alpha value is -0.930. The molecule has 0 saturated heterocycles. The van der Waals surface area contributed by atoms with Gasteiger partial charge in [-0.05, 0) is 44.0 Å². The lowest BCUT2D eigenvalue weighted by atomic mass is 10.1. The van der Waals surface area contributed by atoms with Gasteiger partial charge in [0.2, 0.25) is 0 Å². The normalized spacial score (nSPS) is 10.2. The van der Waals surface area contributed by atoms with E-state index in [9.17, 15) is 0 Å². The van der Waals surface area contributed by atoms with Crippen molar-refractivity contribution in [2.45, 2.75) is 19.8 Å². The second-order valence-electron chi connectivity index (χ2n) is 3.43. The molecular weight excluding hydrogens is 226 g/mol. The van der Waals surface area contributed by atoms with Gasteiger partial charge in [0.15, 0.2) is 11.5 Å². The highest BCUT2D eigenvalue weighted by atomic mass is 35.5. The number of nitrogens with two attached hydrogens (primary N) is 1. The molecule has 0 aliphatic rings. The first kappa shape index (κ1) is 13.1. The molecule has 0 atom stereocenters. The van der Waals surface area contributed by atoms with E-state index in [1.807, 2.05) is 19.1 Å². The fourth-order valence-electron chi connectivity index (χ4n) is 1.51. The van der Waals surface area contributed by atoms with Gasteiger partial charge in [0, 0.05) is 0 Å². The number of halogens is 1. The summed E-state index contributed by atoms with van der Waals surface area (Å²) >= 11 is 6.13. The maximum absolute atomic E-state index is 6.13. The fraction of sp³-hybridized carbons (Fsp3) is 0.500. The zero-order chi connectivity index (χ0) is 12.0. The van der Waals surface area contributed by atoms with E-state index in [2.05, 4.69) is 0 Å². The van der Waals surface area contributed by atoms with E-state index < -0.39 is 0 Å². The van der Waals surface area contributed by atoms with Gasteiger partial charge < -0.3 is 15.2 Å². The van der Waals surface area contributed by atoms with Crippen molar-refractivity contribution in [3.8, 4) is 11.5 Å². The van der Waals surface area contributed by atoms with Crippen LogP contribution in [0.5, 0.6) is 11.5 Å². The van der Waals surface area contributed by atoms with Gasteiger partial charge in [-0.25, -0.2) is 0 Å². The summed E-state index contributed by atoms with van der Waals surface area (Å²) in [4.78, 5) is 0. The van der Waals surface area contributed by atoms with Gasteiger partial charge in [-0.3, -0.25) is 0 Å². The fourth-order valence-corrected chi connectivity index (χ4v) is 1.80. The molecule has 0 amide bonds. The van der Waals surface area contributed by atoms with Crippen molar-refractivity contribution in [1.29, 1.82) is 0 Å². The summed E-state index contributed by atoms with van der Waals surface area (Å²) in [6.45, 7) is 3.16. The molecule has 1 aromatic carbocycles. The standard InChI is InChI=1S/C12H18ClNO2/c1-3-16-12-10(13)7-9(5-4-6-14)8-11(12)15-2/h7-8H,3-6,14H2,1-2H3. The Bertz CT molecular complexity index is 342. The zero-order valence-corrected chi connectivity index (χ0v) is 10.5. The minimum atomic E-state index is 0.568. The molecule has 16 heavy (non-hydrogen) atoms. The first-order valence-electron chi connectivity index (χ1n) is 5.42. The molecule has 0 aliphatic heterocycles. The number of benzene rings is 1. The summed E-state index contributed by atoms with van der Waals surface area (Å²) in [6.07, 6.45) is 1.84. The lowest BCUT2D eigenvalue weighted by molar-refractivity contribution is 0.311. The molecule has 0 fully saturated rings. The minimum absolute atomic E-state index is 0.568. The summed E-state index contributed by atoms with van der Waals surface area (Å²) in [5, 5.41) is 0.591. The lowest BCUT2D eigenvalue weighted by Crippen LogP contribution is -2.01. The minimum Gasteiger partial charge on any atom is -0.493 e. The van der Waals surface area contributed by atoms with Crippen molar-refractivity contribution in [2.24, 2.45) is 5.73 Å². The number of methoxy groups -OCH3 is 1. The van der Waals surface area contributed by atoms with Crippen LogP contribution in [0.3, 0.4) is 0 Å². The van der Waals surface area contributed by atoms with E-state index in [-0.39, 0.29) is 0 Å². The summed E-state index contributed by atoms with van der Waals surface area (Å²) in [5.41, 5.74) is 6.59. The number of aryl methyl sites for hydroxylation is 1. The SMILES string of the molecule is CCOc1c(Cl)cc(CCCN)cc1OC. The Morgan fingerprint density at radius 2 is 2.12 bits per heavy atom. The molecule has 0 radical (unpaired) electrons. The second-order valence-corrected chi connectivity index (χ2v) is 3.84. The van der Waals surface area contributed by atoms with E-state index in [0.29, 0.717) is 29.7 Å². The molecule has 0 bridgehead atoms. The Labute approximate surface area is 101 Å². The third-order valence-electron chi connectivity index (χ3n) is 2.25. The molecule has 0 heterocycles. The molecule has 2 N–H and O–H groups in total. The van der Waals surface area contributed by atoms with E-state index in [1.165, 1.54) is 0 Å². The predicted octanol–water partition coefficient (Wildman–Crippen LogP) is 2.64. The average Bonchev–Trinajstić information content (AvgIpc) is 2.29. The van der Waals surface area contributed by atoms with Crippen LogP contribution in [0, 0.1) is 0 Å². The van der Waals surface area contributed by atoms with E-state index in [1.54, 1.807) is 7.11 Å². The van der Waals surface area contributed by atoms with Crippen LogP contribution in [-0.2, 0) is 6.42 Å². The lowest BCUT2D eigenvalue weighted by Gasteiger charge is -2.12. The van der Waals surface area contributed by atoms with Crippen LogP contribution < -0.4 is 15.2 Å². The Morgan fingerprint density at radius 3 is 2.69 bits per heavy atom. The largest absolute Gasteiger partial charge is 0.493 e. The van der Waals surface area contributed by atoms with Crippen LogP contribution in [0.25, 0.3) is 0 Å². The summed E-state index contributed by atoms with van der Waals surface area (Å²) < 4.78 is 10.7. The van der Waals surface area contributed by atoms with Gasteiger partial charge in [0.25, 0.3) is 0 Å². The van der Waals surface area contributed by atoms with Crippen molar-refractivity contribution < 1.29 is 9.47 Å². The highest BCUT2D eigenvalue weighted by Crippen LogP contribution is 2.36. The van der Waals surface area contributed by atoms with Crippen LogP contribution in [0.1, 0.15) is 18.9 Å². The predicted molar refractivity (Wildman–Crippen MR) is 66.5 cm³/mol. The van der Waals surface area contributed by atoms with E-state index in [4.69, 9.17) is 26.8 Å². The molecule has 0 spiro atoms. The zero-order valence-electron chi connectivity index (χ0n) is 9.75. The van der Waals surface area contributed by atoms with Gasteiger partial charge >= 0.3 is 0 Å². The Kier molecular flexibility index (Phi) is 5.43. The topological polar surface area (TPSA) is 44.5 Å². The Balaban J connectivity index is 2.96. The molecule has 0 aliphatic carbocycles. The molecule has 0 unspecified atom stereocenters. The molecule has 90 valence electrons. The molecule has 4 heteroatoms. The van der Waals surface area contributed by atoms with Crippen LogP contribution in [-0.4, -0.2) is 20.3 Å². The van der Waals surface area contributed by atoms with Crippen LogP contribution in [0.2, 0.25) is 5.02 Å². The van der Waals surface area contributed by atoms with Crippen molar-refractivity contribution in [3.63, 3.8) is 0 Å². The molecule has 1 rings (SSSR count). The van der Waals surface area contributed by atoms with Crippen LogP contribution in [0.15, 0.2) is 12.1 Å². The first-order chi connectivity index (χ1) is 7.72. The van der Waals surface area contributed by atoms with Gasteiger partial charge in [-0.2, -0.15) is 0 Å². The van der Waals surface area contributed by atoms with E-state index in [0.717, 1.165) is 18.4 Å². The average molecular weight is 244 g/mol. The first-order valence-corrected chi connectivity index (χ1v) is 5.80. The van der Waals surface area contributed by atoms with Crippen molar-refractivity contribution in [2.75, 3.05) is 20.3 Å². The third-order valence-corrected chi connectivity index (χ3v) is 2.53. The van der Waals surface area contributed by atoms with Gasteiger partial charge in [0.05, 0.1) is 18.7 Å². The monoisotopic (exact) mass is 243 g/mol. The third kappa shape index (κ3) is 3.29. The van der Waals surface area contributed by atoms with Gasteiger partial charge in [-0.1, -0.05) is 11.6 Å². The smallest absolute Gasteiger partial charge is 0.179 e. The number of hydrogen-bond acceptors (Lipinski definition) is 3. The quantitative estimate of drug-likeness (QED) is 0.836. The van der Waals surface area contributed by atoms with Gasteiger partial charge in [-0.15, -0.1) is 0 Å². The van der Waals surface area contributed by atoms with E-state index >= 15 is 0 Å². The Morgan fingerprint density at radius 1 is 1.38 bits per heavy atom. The van der Waals surface area contributed by atoms with Gasteiger partial charge in [0.1, 0.15) is 0 Å². The number of hydrogen-bond donors (Lipinski definition) is 1. The summed E-state index contributed by atoms with van der Waals surface area (Å²) in [6, 6.07) is 3.86. The molecular formula is C12H18ClNO2. The second kappa shape index (κ2) is 6.61. The number of rotatable bonds is 6. The molecule has 0 aromatic heterocycles. The molecule has 3 nitrogen and oxygen atoms in total. The van der Waals surface area contributed by atoms with Crippen molar-refractivity contribution >= 4 is 11.6 Å². The van der Waals surface area contributed by atoms with Crippen molar-refractivity contribution in [1.82, 2.24) is 0 Å². The van der Waals surface area contributed by atoms with Crippen LogP contribution in [0.4, 0.5) is 0 Å². The van der Waals surface area contributed by atoms with Crippen LogP contribution >= 0.6 is 11.6 Å². The highest BCUT2D eigenvalue weighted by molar-refractivity contribution is 6.32. The molecule has 0 saturated carbocycles. The summed E-state index contributed by atoms with van der Waals surface area (Å²) in [7, 11) is 1.61. The number of ether oxygens (including phenoxy) is 2. The highest BCUT2D eigenvalue weighted by Gasteiger charge is 2.11. The maximum Gasteiger partial charge on any atom is 0.179 e. The van der Waals surface area contributed by atoms with Crippen molar-refractivity contribution in [3.05, 3.63) is 22.7 Å². The summed E-state index contributed by atoms with van der Waals surface area (Å²) in [5.74, 6) is 1.30. The molecule has 1 aromatic rings.